The Hall–Kier alpha value is -9.78. The number of rotatable bonds is 42. The Morgan fingerprint density at radius 3 is 1.70 bits per heavy atom. The largest absolute Gasteiger partial charge is 0.481 e. The van der Waals surface area contributed by atoms with Crippen molar-refractivity contribution in [2.24, 2.45) is 11.7 Å². The minimum absolute atomic E-state index is 0.0219. The van der Waals surface area contributed by atoms with Gasteiger partial charge in [-0.15, -0.1) is 0 Å². The second kappa shape index (κ2) is 47.2. The summed E-state index contributed by atoms with van der Waals surface area (Å²) in [5, 5.41) is 134. The van der Waals surface area contributed by atoms with Crippen LogP contribution >= 0.6 is 0 Å². The zero-order valence-electron chi connectivity index (χ0n) is 59.7. The molecule has 0 aromatic carbocycles. The van der Waals surface area contributed by atoms with Crippen LogP contribution in [0.3, 0.4) is 0 Å². The van der Waals surface area contributed by atoms with Crippen LogP contribution in [0, 0.1) is 5.92 Å². The number of aliphatic carboxylic acids is 2. The highest BCUT2D eigenvalue weighted by Gasteiger charge is 2.56. The molecule has 612 valence electrons. The molecular weight excluding hydrogens is 1460 g/mol. The number of carboxylic acids is 2. The third-order valence-electron chi connectivity index (χ3n) is 18.6. The summed E-state index contributed by atoms with van der Waals surface area (Å²) in [4.78, 5) is 234. The number of hydroxylamine groups is 4. The third-order valence-corrected chi connectivity index (χ3v) is 18.6. The molecule has 0 radical (unpaired) electrons. The molecule has 27 N–H and O–H groups in total. The van der Waals surface area contributed by atoms with E-state index in [1.165, 1.54) is 0 Å². The second-order valence-corrected chi connectivity index (χ2v) is 26.5. The van der Waals surface area contributed by atoms with E-state index in [-0.39, 0.29) is 132 Å². The van der Waals surface area contributed by atoms with Crippen LogP contribution in [0.4, 0.5) is 0 Å². The van der Waals surface area contributed by atoms with E-state index >= 15 is 0 Å². The zero-order valence-corrected chi connectivity index (χ0v) is 59.7. The number of piperidine rings is 1. The number of Topliss-reactive ketones (excluding diaryl/α,β-unsaturated/α-hetero) is 1. The number of hydrogen-bond acceptors (Lipinski definition) is 28. The molecule has 1 aliphatic carbocycles. The molecule has 3 saturated heterocycles. The highest BCUT2D eigenvalue weighted by molar-refractivity contribution is 6.32. The summed E-state index contributed by atoms with van der Waals surface area (Å²) in [5.74, 6) is -18.3. The number of ketones is 1. The van der Waals surface area contributed by atoms with Gasteiger partial charge >= 0.3 is 11.9 Å². The van der Waals surface area contributed by atoms with Crippen molar-refractivity contribution in [1.29, 1.82) is 0 Å². The van der Waals surface area contributed by atoms with Gasteiger partial charge in [-0.05, 0) is 90.0 Å². The van der Waals surface area contributed by atoms with Gasteiger partial charge in [0.25, 0.3) is 5.91 Å². The smallest absolute Gasteiger partial charge is 0.372 e. The van der Waals surface area contributed by atoms with E-state index in [2.05, 4.69) is 74.4 Å². The number of carbonyl (C=O) groups is 18. The average Bonchev–Trinajstić information content (AvgIpc) is 0.748. The van der Waals surface area contributed by atoms with Gasteiger partial charge in [0, 0.05) is 64.2 Å². The van der Waals surface area contributed by atoms with E-state index in [0.717, 1.165) is 0 Å². The molecule has 0 aromatic heterocycles. The molecule has 0 spiro atoms. The number of aliphatic hydroxyl groups excluding tert-OH is 6. The predicted molar refractivity (Wildman–Crippen MR) is 364 cm³/mol. The summed E-state index contributed by atoms with van der Waals surface area (Å²) < 4.78 is 0. The van der Waals surface area contributed by atoms with Crippen LogP contribution in [0.5, 0.6) is 0 Å². The molecule has 4 fully saturated rings. The van der Waals surface area contributed by atoms with E-state index in [9.17, 15) is 132 Å². The summed E-state index contributed by atoms with van der Waals surface area (Å²) in [7, 11) is 0. The van der Waals surface area contributed by atoms with Crippen molar-refractivity contribution >= 4 is 107 Å². The maximum absolute atomic E-state index is 14.4. The number of unbranched alkanes of at least 4 members (excludes halogenated alkanes) is 1. The highest BCUT2D eigenvalue weighted by Crippen LogP contribution is 2.32. The lowest BCUT2D eigenvalue weighted by molar-refractivity contribution is -0.983. The Bertz CT molecular complexity index is 3180. The molecular formula is C63H103N18O28+. The molecule has 15 amide bonds. The van der Waals surface area contributed by atoms with Crippen LogP contribution < -0.4 is 85.1 Å². The van der Waals surface area contributed by atoms with Crippen molar-refractivity contribution < 1.29 is 142 Å². The lowest BCUT2D eigenvalue weighted by atomic mass is 9.72. The molecule has 109 heavy (non-hydrogen) atoms. The minimum atomic E-state index is -1.98. The van der Waals surface area contributed by atoms with Crippen molar-refractivity contribution in [1.82, 2.24) is 84.6 Å². The molecule has 0 aromatic rings. The maximum atomic E-state index is 14.4. The molecule has 46 heteroatoms. The second-order valence-electron chi connectivity index (χ2n) is 26.5. The number of carboxylic acid groups (broad SMARTS) is 2. The summed E-state index contributed by atoms with van der Waals surface area (Å²) in [5.41, 5.74) is 5.70. The number of hydrogen-bond donors (Lipinski definition) is 26. The topological polar surface area (TPSA) is 715 Å². The first-order valence-corrected chi connectivity index (χ1v) is 35.6. The standard InChI is InChI=1S/C63H102N18O28/c64-16-3-1-7-33(72-60(103)42(29-85)78-62(105)43-15-18-65-52-38(71-48(91)13-12-45(88)63(106)107)21-32-22-46(89)47(90)23-44(32)81(43)52)53(96)67-24-49(92)70-35(9-5-19-79(108)30-86)57(100)77-41(28-84)61(104)76-40(27-83)55(98)68-25-50(93)69-34-8-2-4-17-66-54(97)39(26-82)75-59(102)37(11-14-51(94)95)74-58(101)36(73-56(34)99)10-6-20-80(109)31-87/h30-44,46-47,52,65,82-85,89-90,108-109H,1-29,64H2,(H,66,97)(H,67,96)(H,68,98)(H,69,93)(H,70,92)(H,71,91)(H,72,103)(H,73,99)(H,74,101)(H,75,102)(H,76,104)(H,77,100)(H,78,105)(H,94,95)(H,106,107)/p+1/t32?,33-,34?,35-,36?,37-,38?,39-,40-,41+,42+,43-,44?,46?,47?,52?/m0/s1. The average molecular weight is 1560 g/mol. The van der Waals surface area contributed by atoms with Crippen molar-refractivity contribution in [2.75, 3.05) is 72.2 Å². The van der Waals surface area contributed by atoms with Crippen LogP contribution in [-0.4, -0.2) is 332 Å². The Morgan fingerprint density at radius 1 is 0.550 bits per heavy atom. The summed E-state index contributed by atoms with van der Waals surface area (Å²) in [6.07, 6.45) is -5.60. The Morgan fingerprint density at radius 2 is 1.09 bits per heavy atom. The number of carbonyl (C=O) groups excluding carboxylic acids is 16. The molecule has 9 unspecified atom stereocenters. The lowest BCUT2D eigenvalue weighted by Gasteiger charge is -2.54. The van der Waals surface area contributed by atoms with E-state index in [1.807, 2.05) is 0 Å². The van der Waals surface area contributed by atoms with Gasteiger partial charge in [-0.1, -0.05) is 0 Å². The highest BCUT2D eigenvalue weighted by atomic mass is 16.5. The normalized spacial score (nSPS) is 24.4. The predicted octanol–water partition coefficient (Wildman–Crippen LogP) is -14.5. The number of nitrogens with one attached hydrogen (secondary N) is 15. The fourth-order valence-corrected chi connectivity index (χ4v) is 12.8. The van der Waals surface area contributed by atoms with Gasteiger partial charge in [0.05, 0.1) is 63.8 Å². The molecule has 3 aliphatic heterocycles. The van der Waals surface area contributed by atoms with Gasteiger partial charge in [0.1, 0.15) is 54.4 Å². The van der Waals surface area contributed by atoms with Gasteiger partial charge in [0.2, 0.25) is 89.5 Å². The molecule has 17 atom stereocenters. The van der Waals surface area contributed by atoms with Crippen LogP contribution in [0.15, 0.2) is 0 Å². The van der Waals surface area contributed by atoms with E-state index in [1.54, 1.807) is 0 Å². The Labute approximate surface area is 622 Å². The van der Waals surface area contributed by atoms with Crippen LogP contribution in [0.2, 0.25) is 0 Å². The van der Waals surface area contributed by atoms with Crippen LogP contribution in [0.1, 0.15) is 116 Å². The van der Waals surface area contributed by atoms with Crippen LogP contribution in [-0.2, 0) is 86.3 Å². The lowest BCUT2D eigenvalue weighted by Crippen LogP contribution is -3.29. The van der Waals surface area contributed by atoms with Crippen LogP contribution in [0.25, 0.3) is 0 Å². The quantitative estimate of drug-likeness (QED) is 0.00887. The number of nitrogens with zero attached hydrogens (tertiary/aromatic N) is 2. The van der Waals surface area contributed by atoms with Gasteiger partial charge in [-0.3, -0.25) is 97.2 Å². The number of fused-ring (bicyclic) bond motifs is 3. The zero-order chi connectivity index (χ0) is 81.0. The molecule has 46 nitrogen and oxygen atoms in total. The van der Waals surface area contributed by atoms with Crippen molar-refractivity contribution in [3.05, 3.63) is 0 Å². The van der Waals surface area contributed by atoms with Gasteiger partial charge in [0.15, 0.2) is 12.2 Å². The maximum Gasteiger partial charge on any atom is 0.372 e. The Balaban J connectivity index is 1.43. The number of amides is 15. The number of quaternary nitrogens is 1. The minimum Gasteiger partial charge on any atom is -0.481 e. The van der Waals surface area contributed by atoms with Crippen molar-refractivity contribution in [3.63, 3.8) is 0 Å². The first-order valence-electron chi connectivity index (χ1n) is 35.6. The first kappa shape index (κ1) is 91.6. The molecule has 1 saturated carbocycles. The Kier molecular flexibility index (Phi) is 39.7. The summed E-state index contributed by atoms with van der Waals surface area (Å²) >= 11 is 0. The molecule has 3 heterocycles. The monoisotopic (exact) mass is 1560 g/mol. The fraction of sp³-hybridized carbons (Fsp3) is 0.714. The van der Waals surface area contributed by atoms with Crippen molar-refractivity contribution in [3.8, 4) is 0 Å². The van der Waals surface area contributed by atoms with Gasteiger partial charge in [-0.2, -0.15) is 0 Å². The fourth-order valence-electron chi connectivity index (χ4n) is 12.8. The van der Waals surface area contributed by atoms with Gasteiger partial charge < -0.3 is 121 Å². The summed E-state index contributed by atoms with van der Waals surface area (Å²) in [6, 6.07) is -17.4. The van der Waals surface area contributed by atoms with E-state index < -0.39 is 264 Å². The SMILES string of the molecule is NCCCC[C@H](NC(=O)[C@@H](CO)NC(=O)[C@@H]1CCNC2C(NC(=O)CCC(=O)C(=O)O)CC3CC(O)C(O)CC3[NH+]21)C(=O)NCC(=O)N[C@@H](CCCN(O)C=O)C(=O)N[C@H](CO)C(=O)N[C@@H](CO)C(=O)NCC(=O)NC1CCCCNC(=O)[C@H](CO)NC(=O)[C@H](CCC(=O)O)NC(=O)C(CCCN(O)C=O)NC1=O. The van der Waals surface area contributed by atoms with Crippen molar-refractivity contribution in [2.45, 2.75) is 206 Å². The van der Waals surface area contributed by atoms with E-state index in [0.29, 0.717) is 11.3 Å². The third kappa shape index (κ3) is 30.3. The van der Waals surface area contributed by atoms with Gasteiger partial charge in [-0.25, -0.2) is 14.9 Å². The molecule has 4 aliphatic rings. The van der Waals surface area contributed by atoms with E-state index in [4.69, 9.17) is 10.8 Å². The molecule has 0 bridgehead atoms. The number of aliphatic hydroxyl groups is 6. The first-order chi connectivity index (χ1) is 51.8. The number of nitrogens with two attached hydrogens (primary N) is 1. The molecule has 4 rings (SSSR count). The summed E-state index contributed by atoms with van der Waals surface area (Å²) in [6.45, 7) is -6.82.